The van der Waals surface area contributed by atoms with Gasteiger partial charge in [-0.3, -0.25) is 9.78 Å². The lowest BCUT2D eigenvalue weighted by atomic mass is 10.1. The Kier molecular flexibility index (Phi) is 4.50. The van der Waals surface area contributed by atoms with Crippen LogP contribution >= 0.6 is 27.5 Å². The number of halogens is 2. The maximum atomic E-state index is 12.1. The summed E-state index contributed by atoms with van der Waals surface area (Å²) in [4.78, 5) is 20.1. The van der Waals surface area contributed by atoms with Crippen molar-refractivity contribution < 1.29 is 4.79 Å². The Bertz CT molecular complexity index is 592. The molecule has 4 nitrogen and oxygen atoms in total. The van der Waals surface area contributed by atoms with Crippen molar-refractivity contribution in [3.05, 3.63) is 57.5 Å². The van der Waals surface area contributed by atoms with Gasteiger partial charge in [-0.25, -0.2) is 4.98 Å². The third-order valence-corrected chi connectivity index (χ3v) is 3.32. The van der Waals surface area contributed by atoms with Crippen molar-refractivity contribution in [2.75, 3.05) is 0 Å². The van der Waals surface area contributed by atoms with Crippen LogP contribution in [0.3, 0.4) is 0 Å². The van der Waals surface area contributed by atoms with Gasteiger partial charge in [-0.2, -0.15) is 0 Å². The molecular formula is C13H11BrClN3O. The molecule has 0 saturated heterocycles. The number of carbonyl (C=O) groups excluding carboxylic acids is 1. The topological polar surface area (TPSA) is 54.9 Å². The summed E-state index contributed by atoms with van der Waals surface area (Å²) in [5, 5.41) is 3.04. The number of nitrogens with zero attached hydrogens (tertiary/aromatic N) is 2. The second-order valence-corrected chi connectivity index (χ2v) is 5.25. The molecule has 0 fully saturated rings. The van der Waals surface area contributed by atoms with Gasteiger partial charge in [0.25, 0.3) is 5.91 Å². The van der Waals surface area contributed by atoms with Crippen LogP contribution in [0.15, 0.2) is 41.3 Å². The largest absolute Gasteiger partial charge is 0.345 e. The zero-order valence-corrected chi connectivity index (χ0v) is 12.4. The lowest BCUT2D eigenvalue weighted by Gasteiger charge is -2.14. The molecule has 1 N–H and O–H groups in total. The van der Waals surface area contributed by atoms with Crippen molar-refractivity contribution >= 4 is 33.4 Å². The molecule has 6 heteroatoms. The van der Waals surface area contributed by atoms with Crippen LogP contribution in [-0.4, -0.2) is 15.9 Å². The van der Waals surface area contributed by atoms with E-state index in [0.717, 1.165) is 5.56 Å². The minimum atomic E-state index is -0.268. The molecule has 1 unspecified atom stereocenters. The highest BCUT2D eigenvalue weighted by molar-refractivity contribution is 9.10. The van der Waals surface area contributed by atoms with Crippen LogP contribution in [-0.2, 0) is 0 Å². The SMILES string of the molecule is CC(NC(=O)c1cc(Br)cnc1Cl)c1cccnc1. The van der Waals surface area contributed by atoms with E-state index in [9.17, 15) is 4.79 Å². The molecule has 1 atom stereocenters. The molecular weight excluding hydrogens is 330 g/mol. The van der Waals surface area contributed by atoms with E-state index < -0.39 is 0 Å². The molecule has 0 spiro atoms. The van der Waals surface area contributed by atoms with Gasteiger partial charge in [-0.05, 0) is 40.5 Å². The van der Waals surface area contributed by atoms with E-state index in [4.69, 9.17) is 11.6 Å². The van der Waals surface area contributed by atoms with Gasteiger partial charge in [-0.1, -0.05) is 17.7 Å². The number of amides is 1. The van der Waals surface area contributed by atoms with Crippen LogP contribution in [0.5, 0.6) is 0 Å². The highest BCUT2D eigenvalue weighted by Crippen LogP contribution is 2.19. The average molecular weight is 341 g/mol. The number of nitrogens with one attached hydrogen (secondary N) is 1. The standard InChI is InChI=1S/C13H11BrClN3O/c1-8(9-3-2-4-16-6-9)18-13(19)11-5-10(14)7-17-12(11)15/h2-8H,1H3,(H,18,19). The Morgan fingerprint density at radius 1 is 1.47 bits per heavy atom. The molecule has 19 heavy (non-hydrogen) atoms. The first-order valence-corrected chi connectivity index (χ1v) is 6.77. The maximum Gasteiger partial charge on any atom is 0.254 e. The number of hydrogen-bond acceptors (Lipinski definition) is 3. The van der Waals surface area contributed by atoms with Crippen LogP contribution in [0.4, 0.5) is 0 Å². The van der Waals surface area contributed by atoms with E-state index >= 15 is 0 Å². The van der Waals surface area contributed by atoms with E-state index in [-0.39, 0.29) is 17.1 Å². The Balaban J connectivity index is 2.15. The van der Waals surface area contributed by atoms with Crippen molar-refractivity contribution in [2.45, 2.75) is 13.0 Å². The molecule has 0 aliphatic rings. The first-order chi connectivity index (χ1) is 9.08. The molecule has 0 aromatic carbocycles. The summed E-state index contributed by atoms with van der Waals surface area (Å²) in [5.74, 6) is -0.268. The average Bonchev–Trinajstić information content (AvgIpc) is 2.42. The zero-order chi connectivity index (χ0) is 13.8. The van der Waals surface area contributed by atoms with E-state index in [0.29, 0.717) is 10.0 Å². The molecule has 0 aliphatic heterocycles. The molecule has 0 aliphatic carbocycles. The number of pyridine rings is 2. The third-order valence-electron chi connectivity index (χ3n) is 2.58. The number of hydrogen-bond donors (Lipinski definition) is 1. The minimum Gasteiger partial charge on any atom is -0.345 e. The normalized spacial score (nSPS) is 11.9. The van der Waals surface area contributed by atoms with Gasteiger partial charge in [0.05, 0.1) is 11.6 Å². The Hall–Kier alpha value is -1.46. The first kappa shape index (κ1) is 14.0. The predicted octanol–water partition coefficient (Wildman–Crippen LogP) is 3.38. The van der Waals surface area contributed by atoms with Gasteiger partial charge in [0, 0.05) is 23.1 Å². The van der Waals surface area contributed by atoms with Crippen molar-refractivity contribution in [2.24, 2.45) is 0 Å². The fraction of sp³-hybridized carbons (Fsp3) is 0.154. The lowest BCUT2D eigenvalue weighted by Crippen LogP contribution is -2.27. The molecule has 0 radical (unpaired) electrons. The summed E-state index contributed by atoms with van der Waals surface area (Å²) in [6, 6.07) is 5.21. The zero-order valence-electron chi connectivity index (χ0n) is 10.1. The van der Waals surface area contributed by atoms with E-state index in [1.165, 1.54) is 0 Å². The summed E-state index contributed by atoms with van der Waals surface area (Å²) in [6.07, 6.45) is 4.95. The lowest BCUT2D eigenvalue weighted by molar-refractivity contribution is 0.0939. The number of rotatable bonds is 3. The fourth-order valence-corrected chi connectivity index (χ4v) is 2.09. The van der Waals surface area contributed by atoms with E-state index in [1.54, 1.807) is 24.7 Å². The van der Waals surface area contributed by atoms with Crippen molar-refractivity contribution in [1.82, 2.24) is 15.3 Å². The van der Waals surface area contributed by atoms with Crippen molar-refractivity contribution in [1.29, 1.82) is 0 Å². The van der Waals surface area contributed by atoms with Gasteiger partial charge in [-0.15, -0.1) is 0 Å². The highest BCUT2D eigenvalue weighted by Gasteiger charge is 2.15. The molecule has 2 aromatic heterocycles. The molecule has 2 rings (SSSR count). The summed E-state index contributed by atoms with van der Waals surface area (Å²) < 4.78 is 0.705. The molecule has 1 amide bonds. The summed E-state index contributed by atoms with van der Waals surface area (Å²) in [6.45, 7) is 1.88. The highest BCUT2D eigenvalue weighted by atomic mass is 79.9. The third kappa shape index (κ3) is 3.52. The van der Waals surface area contributed by atoms with Crippen LogP contribution in [0.25, 0.3) is 0 Å². The molecule has 0 saturated carbocycles. The van der Waals surface area contributed by atoms with Crippen LogP contribution in [0, 0.1) is 0 Å². The van der Waals surface area contributed by atoms with Crippen LogP contribution < -0.4 is 5.32 Å². The van der Waals surface area contributed by atoms with Gasteiger partial charge >= 0.3 is 0 Å². The molecule has 0 bridgehead atoms. The Labute approximate surface area is 124 Å². The molecule has 2 aromatic rings. The second kappa shape index (κ2) is 6.12. The van der Waals surface area contributed by atoms with E-state index in [2.05, 4.69) is 31.2 Å². The number of carbonyl (C=O) groups is 1. The molecule has 98 valence electrons. The predicted molar refractivity (Wildman–Crippen MR) is 77.1 cm³/mol. The first-order valence-electron chi connectivity index (χ1n) is 5.60. The summed E-state index contributed by atoms with van der Waals surface area (Å²) in [5.41, 5.74) is 1.27. The molecule has 2 heterocycles. The number of aromatic nitrogens is 2. The van der Waals surface area contributed by atoms with Gasteiger partial charge in [0.15, 0.2) is 0 Å². The monoisotopic (exact) mass is 339 g/mol. The van der Waals surface area contributed by atoms with Gasteiger partial charge in [0.1, 0.15) is 5.15 Å². The quantitative estimate of drug-likeness (QED) is 0.872. The maximum absolute atomic E-state index is 12.1. The van der Waals surface area contributed by atoms with Gasteiger partial charge in [0.2, 0.25) is 0 Å². The summed E-state index contributed by atoms with van der Waals surface area (Å²) >= 11 is 9.18. The van der Waals surface area contributed by atoms with Crippen molar-refractivity contribution in [3.63, 3.8) is 0 Å². The van der Waals surface area contributed by atoms with E-state index in [1.807, 2.05) is 19.1 Å². The Morgan fingerprint density at radius 3 is 2.95 bits per heavy atom. The van der Waals surface area contributed by atoms with Crippen molar-refractivity contribution in [3.8, 4) is 0 Å². The van der Waals surface area contributed by atoms with Crippen LogP contribution in [0.2, 0.25) is 5.15 Å². The smallest absolute Gasteiger partial charge is 0.254 e. The minimum absolute atomic E-state index is 0.156. The van der Waals surface area contributed by atoms with Crippen LogP contribution in [0.1, 0.15) is 28.9 Å². The summed E-state index contributed by atoms with van der Waals surface area (Å²) in [7, 11) is 0. The van der Waals surface area contributed by atoms with Gasteiger partial charge < -0.3 is 5.32 Å². The second-order valence-electron chi connectivity index (χ2n) is 3.97. The Morgan fingerprint density at radius 2 is 2.26 bits per heavy atom. The fourth-order valence-electron chi connectivity index (χ4n) is 1.57.